The first-order valence-electron chi connectivity index (χ1n) is 14.0. The number of rotatable bonds is 3. The lowest BCUT2D eigenvalue weighted by molar-refractivity contribution is -0.227. The molecule has 4 aliphatic carbocycles. The second kappa shape index (κ2) is 8.54. The van der Waals surface area contributed by atoms with E-state index in [0.29, 0.717) is 41.4 Å². The van der Waals surface area contributed by atoms with Crippen LogP contribution in [0.1, 0.15) is 92.9 Å². The third-order valence-corrected chi connectivity index (χ3v) is 11.3. The Kier molecular flexibility index (Phi) is 6.09. The number of allylic oxidation sites excluding steroid dienone is 1. The van der Waals surface area contributed by atoms with Crippen LogP contribution < -0.4 is 0 Å². The van der Waals surface area contributed by atoms with Gasteiger partial charge < -0.3 is 14.6 Å². The van der Waals surface area contributed by atoms with Gasteiger partial charge in [-0.3, -0.25) is 9.59 Å². The zero-order valence-electron chi connectivity index (χ0n) is 22.7. The number of aliphatic hydroxyl groups is 1. The summed E-state index contributed by atoms with van der Waals surface area (Å²) in [5.41, 5.74) is 0.768. The minimum atomic E-state index is -1.73. The fraction of sp³-hybridized carbons (Fsp3) is 0.767. The molecule has 5 rings (SSSR count). The largest absolute Gasteiger partial charge is 0.456 e. The zero-order chi connectivity index (χ0) is 26.2. The molecular formula is C30H42O6. The van der Waals surface area contributed by atoms with Crippen molar-refractivity contribution in [1.29, 1.82) is 0 Å². The summed E-state index contributed by atoms with van der Waals surface area (Å²) >= 11 is 0. The summed E-state index contributed by atoms with van der Waals surface area (Å²) in [5.74, 6) is -2.34. The standard InChI is InChI=1S/C30H42O6/c1-16-9-7-11-20-13-23(31)22(15-28(16,20)5)18(3)26(32)35-25-24-19(4)27(33)36-30(24,34)14-21-12-8-10-17(2)29(21,25)6/h15-18,20-21,25,34H,7-14H2,1-6H3/t16-,17-,18?,20+,21+,25+,28+,29+,30-/m0/s1. The summed E-state index contributed by atoms with van der Waals surface area (Å²) in [5, 5.41) is 11.4. The van der Waals surface area contributed by atoms with Crippen LogP contribution in [0.2, 0.25) is 0 Å². The minimum absolute atomic E-state index is 0.0427. The number of Topliss-reactive ketones (excluding diaryl/α,β-unsaturated/α-hetero) is 1. The molecule has 0 aromatic heterocycles. The van der Waals surface area contributed by atoms with Crippen LogP contribution in [-0.4, -0.2) is 34.7 Å². The SMILES string of the molecule is CC1=C2[C@@H](OC(=O)C(C)C3=C[C@@]4(C)[C@H](CCC[C@@H]4C)CC3=O)[C@@]3(C)[C@H](CCC[C@@H]3C)C[C@]2(O)OC1=O. The molecular weight excluding hydrogens is 456 g/mol. The Morgan fingerprint density at radius 3 is 2.42 bits per heavy atom. The minimum Gasteiger partial charge on any atom is -0.456 e. The molecule has 1 unspecified atom stereocenters. The molecule has 0 bridgehead atoms. The van der Waals surface area contributed by atoms with Crippen LogP contribution in [-0.2, 0) is 23.9 Å². The number of carbonyl (C=O) groups excluding carboxylic acids is 3. The molecule has 0 radical (unpaired) electrons. The van der Waals surface area contributed by atoms with Gasteiger partial charge in [-0.25, -0.2) is 4.79 Å². The molecule has 1 N–H and O–H groups in total. The molecule has 6 nitrogen and oxygen atoms in total. The highest BCUT2D eigenvalue weighted by molar-refractivity contribution is 6.01. The van der Waals surface area contributed by atoms with Crippen LogP contribution in [0.25, 0.3) is 0 Å². The van der Waals surface area contributed by atoms with E-state index >= 15 is 0 Å². The molecule has 0 aromatic rings. The third kappa shape index (κ3) is 3.57. The van der Waals surface area contributed by atoms with E-state index in [1.165, 1.54) is 0 Å². The molecule has 1 aliphatic heterocycles. The van der Waals surface area contributed by atoms with Gasteiger partial charge in [0, 0.05) is 29.4 Å². The van der Waals surface area contributed by atoms with Crippen LogP contribution in [0, 0.1) is 40.4 Å². The maximum absolute atomic E-state index is 13.8. The quantitative estimate of drug-likeness (QED) is 0.532. The highest BCUT2D eigenvalue weighted by Gasteiger charge is 2.64. The van der Waals surface area contributed by atoms with E-state index in [9.17, 15) is 19.5 Å². The normalized spacial score (nSPS) is 45.2. The summed E-state index contributed by atoms with van der Waals surface area (Å²) in [6.07, 6.45) is 8.36. The topological polar surface area (TPSA) is 89.9 Å². The van der Waals surface area contributed by atoms with Crippen molar-refractivity contribution >= 4 is 17.7 Å². The van der Waals surface area contributed by atoms with E-state index in [1.54, 1.807) is 13.8 Å². The maximum atomic E-state index is 13.8. The summed E-state index contributed by atoms with van der Waals surface area (Å²) in [6.45, 7) is 12.2. The van der Waals surface area contributed by atoms with Gasteiger partial charge in [-0.2, -0.15) is 0 Å². The van der Waals surface area contributed by atoms with Crippen molar-refractivity contribution in [3.63, 3.8) is 0 Å². The summed E-state index contributed by atoms with van der Waals surface area (Å²) in [6, 6.07) is 0. The highest BCUT2D eigenvalue weighted by atomic mass is 16.7. The molecule has 198 valence electrons. The number of esters is 2. The average Bonchev–Trinajstić information content (AvgIpc) is 3.04. The molecule has 6 heteroatoms. The van der Waals surface area contributed by atoms with Crippen molar-refractivity contribution in [1.82, 2.24) is 0 Å². The Labute approximate surface area is 214 Å². The smallest absolute Gasteiger partial charge is 0.336 e. The fourth-order valence-corrected chi connectivity index (χ4v) is 8.31. The van der Waals surface area contributed by atoms with Gasteiger partial charge >= 0.3 is 11.9 Å². The third-order valence-electron chi connectivity index (χ3n) is 11.3. The Balaban J connectivity index is 1.49. The number of ketones is 1. The van der Waals surface area contributed by atoms with Gasteiger partial charge in [0.1, 0.15) is 6.10 Å². The first kappa shape index (κ1) is 25.7. The van der Waals surface area contributed by atoms with Crippen molar-refractivity contribution in [3.8, 4) is 0 Å². The molecule has 36 heavy (non-hydrogen) atoms. The van der Waals surface area contributed by atoms with E-state index in [1.807, 2.05) is 0 Å². The van der Waals surface area contributed by atoms with Gasteiger partial charge in [-0.15, -0.1) is 0 Å². The van der Waals surface area contributed by atoms with Crippen molar-refractivity contribution < 1.29 is 29.0 Å². The van der Waals surface area contributed by atoms with Gasteiger partial charge in [-0.1, -0.05) is 53.0 Å². The monoisotopic (exact) mass is 498 g/mol. The van der Waals surface area contributed by atoms with Gasteiger partial charge in [0.05, 0.1) is 11.5 Å². The predicted octanol–water partition coefficient (Wildman–Crippen LogP) is 5.28. The lowest BCUT2D eigenvalue weighted by atomic mass is 9.52. The Bertz CT molecular complexity index is 1060. The van der Waals surface area contributed by atoms with E-state index < -0.39 is 35.2 Å². The fourth-order valence-electron chi connectivity index (χ4n) is 8.31. The second-order valence-corrected chi connectivity index (χ2v) is 13.0. The highest BCUT2D eigenvalue weighted by Crippen LogP contribution is 2.60. The number of fused-ring (bicyclic) bond motifs is 3. The molecule has 0 aromatic carbocycles. The van der Waals surface area contributed by atoms with Crippen molar-refractivity contribution in [3.05, 3.63) is 22.8 Å². The predicted molar refractivity (Wildman–Crippen MR) is 134 cm³/mol. The molecule has 0 spiro atoms. The van der Waals surface area contributed by atoms with Crippen LogP contribution in [0.4, 0.5) is 0 Å². The second-order valence-electron chi connectivity index (χ2n) is 13.0. The summed E-state index contributed by atoms with van der Waals surface area (Å²) in [4.78, 5) is 39.5. The number of carbonyl (C=O) groups is 3. The maximum Gasteiger partial charge on any atom is 0.336 e. The average molecular weight is 499 g/mol. The first-order valence-corrected chi connectivity index (χ1v) is 14.0. The molecule has 0 saturated heterocycles. The van der Waals surface area contributed by atoms with Crippen LogP contribution in [0.5, 0.6) is 0 Å². The molecule has 3 fully saturated rings. The van der Waals surface area contributed by atoms with E-state index in [4.69, 9.17) is 9.47 Å². The molecule has 0 amide bonds. The van der Waals surface area contributed by atoms with Gasteiger partial charge in [0.15, 0.2) is 5.78 Å². The molecule has 1 heterocycles. The molecule has 5 aliphatic rings. The summed E-state index contributed by atoms with van der Waals surface area (Å²) in [7, 11) is 0. The van der Waals surface area contributed by atoms with E-state index in [-0.39, 0.29) is 23.0 Å². The Hall–Kier alpha value is -1.95. The van der Waals surface area contributed by atoms with Crippen LogP contribution in [0.15, 0.2) is 22.8 Å². The van der Waals surface area contributed by atoms with E-state index in [0.717, 1.165) is 38.5 Å². The lowest BCUT2D eigenvalue weighted by Gasteiger charge is -2.56. The lowest BCUT2D eigenvalue weighted by Crippen LogP contribution is -2.59. The number of ether oxygens (including phenoxy) is 2. The molecule has 3 saturated carbocycles. The van der Waals surface area contributed by atoms with Crippen molar-refractivity contribution in [2.24, 2.45) is 40.4 Å². The number of hydrogen-bond acceptors (Lipinski definition) is 6. The molecule has 9 atom stereocenters. The van der Waals surface area contributed by atoms with Crippen LogP contribution >= 0.6 is 0 Å². The van der Waals surface area contributed by atoms with Crippen LogP contribution in [0.3, 0.4) is 0 Å². The van der Waals surface area contributed by atoms with Crippen molar-refractivity contribution in [2.45, 2.75) is 105 Å². The first-order chi connectivity index (χ1) is 16.8. The van der Waals surface area contributed by atoms with Gasteiger partial charge in [0.2, 0.25) is 5.79 Å². The van der Waals surface area contributed by atoms with Gasteiger partial charge in [-0.05, 0) is 62.2 Å². The van der Waals surface area contributed by atoms with Crippen molar-refractivity contribution in [2.75, 3.05) is 0 Å². The Morgan fingerprint density at radius 2 is 1.72 bits per heavy atom. The number of hydrogen-bond donors (Lipinski definition) is 1. The summed E-state index contributed by atoms with van der Waals surface area (Å²) < 4.78 is 11.8. The Morgan fingerprint density at radius 1 is 1.08 bits per heavy atom. The van der Waals surface area contributed by atoms with E-state index in [2.05, 4.69) is 33.8 Å². The zero-order valence-corrected chi connectivity index (χ0v) is 22.7. The van der Waals surface area contributed by atoms with Gasteiger partial charge in [0.25, 0.3) is 0 Å².